The van der Waals surface area contributed by atoms with Crippen LogP contribution in [0.15, 0.2) is 40.6 Å². The van der Waals surface area contributed by atoms with Crippen molar-refractivity contribution in [3.05, 3.63) is 47.1 Å². The van der Waals surface area contributed by atoms with Crippen LogP contribution in [0.4, 0.5) is 4.39 Å². The summed E-state index contributed by atoms with van der Waals surface area (Å²) in [5.41, 5.74) is -0.384. The zero-order valence-corrected chi connectivity index (χ0v) is 10.4. The van der Waals surface area contributed by atoms with E-state index in [9.17, 15) is 9.18 Å². The lowest BCUT2D eigenvalue weighted by Gasteiger charge is -2.04. The summed E-state index contributed by atoms with van der Waals surface area (Å²) >= 11 is 7.01. The fourth-order valence-electron chi connectivity index (χ4n) is 1.22. The Morgan fingerprint density at radius 3 is 2.89 bits per heavy atom. The van der Waals surface area contributed by atoms with Crippen molar-refractivity contribution in [1.82, 2.24) is 9.97 Å². The van der Waals surface area contributed by atoms with Gasteiger partial charge in [-0.25, -0.2) is 19.2 Å². The van der Waals surface area contributed by atoms with Crippen molar-refractivity contribution >= 4 is 29.3 Å². The summed E-state index contributed by atoms with van der Waals surface area (Å²) in [6.07, 6.45) is 2.76. The highest BCUT2D eigenvalue weighted by atomic mass is 35.5. The number of carboxylic acid groups (broad SMARTS) is 1. The van der Waals surface area contributed by atoms with Crippen LogP contribution in [0.3, 0.4) is 0 Å². The van der Waals surface area contributed by atoms with Gasteiger partial charge in [0.1, 0.15) is 17.2 Å². The van der Waals surface area contributed by atoms with E-state index in [0.717, 1.165) is 17.8 Å². The molecule has 0 radical (unpaired) electrons. The van der Waals surface area contributed by atoms with Gasteiger partial charge in [0.25, 0.3) is 0 Å². The lowest BCUT2D eigenvalue weighted by molar-refractivity contribution is 0.0691. The number of hydrogen-bond acceptors (Lipinski definition) is 4. The summed E-state index contributed by atoms with van der Waals surface area (Å²) in [6, 6.07) is 3.80. The third kappa shape index (κ3) is 2.77. The number of nitrogens with zero attached hydrogens (tertiary/aromatic N) is 2. The molecule has 0 amide bonds. The van der Waals surface area contributed by atoms with Gasteiger partial charge in [-0.15, -0.1) is 0 Å². The largest absolute Gasteiger partial charge is 0.478 e. The summed E-state index contributed by atoms with van der Waals surface area (Å²) in [6.45, 7) is 0. The van der Waals surface area contributed by atoms with Crippen molar-refractivity contribution in [3.8, 4) is 0 Å². The van der Waals surface area contributed by atoms with Gasteiger partial charge in [-0.1, -0.05) is 23.4 Å². The Kier molecular flexibility index (Phi) is 3.78. The van der Waals surface area contributed by atoms with Gasteiger partial charge in [0, 0.05) is 4.90 Å². The SMILES string of the molecule is O=C(O)c1cc(Sc2ncncc2Cl)ccc1F. The fraction of sp³-hybridized carbons (Fsp3) is 0. The van der Waals surface area contributed by atoms with Crippen LogP contribution < -0.4 is 0 Å². The van der Waals surface area contributed by atoms with Crippen LogP contribution in [0.5, 0.6) is 0 Å². The summed E-state index contributed by atoms with van der Waals surface area (Å²) < 4.78 is 13.2. The van der Waals surface area contributed by atoms with E-state index in [-0.39, 0.29) is 5.56 Å². The van der Waals surface area contributed by atoms with Crippen LogP contribution in [-0.2, 0) is 0 Å². The smallest absolute Gasteiger partial charge is 0.338 e. The first-order valence-corrected chi connectivity index (χ1v) is 5.93. The molecule has 0 saturated carbocycles. The molecule has 18 heavy (non-hydrogen) atoms. The first kappa shape index (κ1) is 12.8. The highest BCUT2D eigenvalue weighted by Gasteiger charge is 2.12. The zero-order valence-electron chi connectivity index (χ0n) is 8.80. The molecule has 0 spiro atoms. The maximum Gasteiger partial charge on any atom is 0.338 e. The molecule has 2 aromatic rings. The molecular formula is C11H6ClFN2O2S. The molecule has 4 nitrogen and oxygen atoms in total. The Balaban J connectivity index is 2.33. The molecule has 0 unspecified atom stereocenters. The van der Waals surface area contributed by atoms with Crippen molar-refractivity contribution in [3.63, 3.8) is 0 Å². The molecule has 0 saturated heterocycles. The second-order valence-corrected chi connectivity index (χ2v) is 4.69. The molecule has 0 aliphatic heterocycles. The van der Waals surface area contributed by atoms with Gasteiger partial charge in [0.05, 0.1) is 16.8 Å². The molecule has 0 aliphatic carbocycles. The standard InChI is InChI=1S/C11H6ClFN2O2S/c12-8-4-14-5-15-10(8)18-6-1-2-9(13)7(3-6)11(16)17/h1-5H,(H,16,17). The number of carbonyl (C=O) groups is 1. The summed E-state index contributed by atoms with van der Waals surface area (Å²) in [5, 5.41) is 9.64. The van der Waals surface area contributed by atoms with Crippen LogP contribution in [0.2, 0.25) is 5.02 Å². The number of benzene rings is 1. The topological polar surface area (TPSA) is 63.1 Å². The lowest BCUT2D eigenvalue weighted by Crippen LogP contribution is -2.00. The van der Waals surface area contributed by atoms with Gasteiger partial charge >= 0.3 is 5.97 Å². The van der Waals surface area contributed by atoms with Gasteiger partial charge in [-0.05, 0) is 18.2 Å². The first-order chi connectivity index (χ1) is 8.58. The van der Waals surface area contributed by atoms with Crippen molar-refractivity contribution in [2.45, 2.75) is 9.92 Å². The van der Waals surface area contributed by atoms with Crippen molar-refractivity contribution in [2.75, 3.05) is 0 Å². The third-order valence-electron chi connectivity index (χ3n) is 2.02. The highest BCUT2D eigenvalue weighted by Crippen LogP contribution is 2.31. The summed E-state index contributed by atoms with van der Waals surface area (Å²) in [7, 11) is 0. The van der Waals surface area contributed by atoms with E-state index in [0.29, 0.717) is 14.9 Å². The maximum atomic E-state index is 13.2. The van der Waals surface area contributed by atoms with Crippen molar-refractivity contribution < 1.29 is 14.3 Å². The van der Waals surface area contributed by atoms with Gasteiger partial charge in [-0.2, -0.15) is 0 Å². The van der Waals surface area contributed by atoms with Crippen LogP contribution in [0.1, 0.15) is 10.4 Å². The zero-order chi connectivity index (χ0) is 13.1. The minimum absolute atomic E-state index is 0.351. The predicted molar refractivity (Wildman–Crippen MR) is 64.5 cm³/mol. The molecular weight excluding hydrogens is 279 g/mol. The van der Waals surface area contributed by atoms with Crippen molar-refractivity contribution in [1.29, 1.82) is 0 Å². The van der Waals surface area contributed by atoms with Crippen LogP contribution in [0.25, 0.3) is 0 Å². The normalized spacial score (nSPS) is 10.3. The number of hydrogen-bond donors (Lipinski definition) is 1. The molecule has 1 aromatic heterocycles. The van der Waals surface area contributed by atoms with Gasteiger partial charge in [0.15, 0.2) is 0 Å². The quantitative estimate of drug-likeness (QED) is 0.878. The Hall–Kier alpha value is -1.66. The molecule has 1 heterocycles. The van der Waals surface area contributed by atoms with E-state index < -0.39 is 11.8 Å². The highest BCUT2D eigenvalue weighted by molar-refractivity contribution is 7.99. The molecule has 2 rings (SSSR count). The number of aromatic carboxylic acids is 1. The van der Waals surface area contributed by atoms with Crippen LogP contribution in [0, 0.1) is 5.82 Å². The average molecular weight is 285 g/mol. The Morgan fingerprint density at radius 1 is 1.44 bits per heavy atom. The van der Waals surface area contributed by atoms with Gasteiger partial charge < -0.3 is 5.11 Å². The third-order valence-corrected chi connectivity index (χ3v) is 3.41. The van der Waals surface area contributed by atoms with E-state index in [1.807, 2.05) is 0 Å². The molecule has 1 aromatic carbocycles. The number of rotatable bonds is 3. The molecule has 0 fully saturated rings. The summed E-state index contributed by atoms with van der Waals surface area (Å²) in [4.78, 5) is 19.0. The Labute approximate surface area is 111 Å². The minimum atomic E-state index is -1.32. The monoisotopic (exact) mass is 284 g/mol. The molecule has 7 heteroatoms. The first-order valence-electron chi connectivity index (χ1n) is 4.74. The van der Waals surface area contributed by atoms with Crippen LogP contribution in [-0.4, -0.2) is 21.0 Å². The average Bonchev–Trinajstić information content (AvgIpc) is 2.34. The fourth-order valence-corrected chi connectivity index (χ4v) is 2.23. The number of carboxylic acids is 1. The molecule has 0 bridgehead atoms. The second kappa shape index (κ2) is 5.32. The Morgan fingerprint density at radius 2 is 2.22 bits per heavy atom. The van der Waals surface area contributed by atoms with Crippen molar-refractivity contribution in [2.24, 2.45) is 0 Å². The minimum Gasteiger partial charge on any atom is -0.478 e. The lowest BCUT2D eigenvalue weighted by atomic mass is 10.2. The molecule has 92 valence electrons. The Bertz CT molecular complexity index is 609. The molecule has 0 aliphatic rings. The summed E-state index contributed by atoms with van der Waals surface area (Å²) in [5.74, 6) is -2.09. The number of halogens is 2. The van der Waals surface area contributed by atoms with E-state index in [2.05, 4.69) is 9.97 Å². The maximum absolute atomic E-state index is 13.2. The van der Waals surface area contributed by atoms with Crippen LogP contribution >= 0.6 is 23.4 Å². The van der Waals surface area contributed by atoms with E-state index in [1.54, 1.807) is 0 Å². The van der Waals surface area contributed by atoms with Gasteiger partial charge in [-0.3, -0.25) is 0 Å². The van der Waals surface area contributed by atoms with E-state index in [4.69, 9.17) is 16.7 Å². The molecule has 1 N–H and O–H groups in total. The predicted octanol–water partition coefficient (Wildman–Crippen LogP) is 3.12. The number of aromatic nitrogens is 2. The second-order valence-electron chi connectivity index (χ2n) is 3.22. The van der Waals surface area contributed by atoms with Gasteiger partial charge in [0.2, 0.25) is 0 Å². The van der Waals surface area contributed by atoms with E-state index in [1.165, 1.54) is 24.7 Å². The van der Waals surface area contributed by atoms with E-state index >= 15 is 0 Å². The molecule has 0 atom stereocenters.